The number of halogens is 1. The van der Waals surface area contributed by atoms with Crippen LogP contribution in [0.2, 0.25) is 5.02 Å². The Morgan fingerprint density at radius 2 is 1.75 bits per heavy atom. The van der Waals surface area contributed by atoms with Crippen molar-refractivity contribution < 1.29 is 4.79 Å². The number of hydrogen-bond donors (Lipinski definition) is 2. The molecular formula is C25H21ClN4O2. The summed E-state index contributed by atoms with van der Waals surface area (Å²) in [5, 5.41) is 7.94. The van der Waals surface area contributed by atoms with Gasteiger partial charge >= 0.3 is 0 Å². The third-order valence-corrected chi connectivity index (χ3v) is 5.41. The van der Waals surface area contributed by atoms with Gasteiger partial charge in [-0.25, -0.2) is 4.68 Å². The number of rotatable bonds is 5. The van der Waals surface area contributed by atoms with E-state index in [9.17, 15) is 9.59 Å². The van der Waals surface area contributed by atoms with Crippen molar-refractivity contribution in [2.24, 2.45) is 0 Å². The van der Waals surface area contributed by atoms with Crippen molar-refractivity contribution in [2.75, 3.05) is 11.1 Å². The van der Waals surface area contributed by atoms with Crippen molar-refractivity contribution >= 4 is 28.9 Å². The number of nitrogens with zero attached hydrogens (tertiary/aromatic N) is 2. The Kier molecular flexibility index (Phi) is 6.05. The van der Waals surface area contributed by atoms with Crippen LogP contribution in [0.1, 0.15) is 28.9 Å². The number of amides is 1. The molecule has 3 N–H and O–H groups in total. The maximum Gasteiger partial charge on any atom is 0.267 e. The molecule has 1 aromatic heterocycles. The van der Waals surface area contributed by atoms with Gasteiger partial charge in [-0.2, -0.15) is 5.10 Å². The summed E-state index contributed by atoms with van der Waals surface area (Å²) in [6.07, 6.45) is 0. The average Bonchev–Trinajstić information content (AvgIpc) is 2.80. The highest BCUT2D eigenvalue weighted by atomic mass is 35.5. The molecule has 4 rings (SSSR count). The molecule has 1 atom stereocenters. The second-order valence-electron chi connectivity index (χ2n) is 7.35. The van der Waals surface area contributed by atoms with Crippen LogP contribution in [-0.4, -0.2) is 15.7 Å². The lowest BCUT2D eigenvalue weighted by atomic mass is 10.1. The molecule has 32 heavy (non-hydrogen) atoms. The number of nitrogens with two attached hydrogens (primary N) is 1. The van der Waals surface area contributed by atoms with Crippen molar-refractivity contribution in [2.45, 2.75) is 13.0 Å². The molecule has 0 bridgehead atoms. The molecule has 0 fully saturated rings. The van der Waals surface area contributed by atoms with Gasteiger partial charge in [-0.15, -0.1) is 0 Å². The Balaban J connectivity index is 1.57. The highest BCUT2D eigenvalue weighted by Gasteiger charge is 2.14. The Bertz CT molecular complexity index is 1330. The molecule has 0 aliphatic heterocycles. The van der Waals surface area contributed by atoms with E-state index in [2.05, 4.69) is 10.4 Å². The fourth-order valence-electron chi connectivity index (χ4n) is 3.36. The largest absolute Gasteiger partial charge is 0.397 e. The molecule has 7 heteroatoms. The van der Waals surface area contributed by atoms with Crippen LogP contribution in [-0.2, 0) is 0 Å². The maximum atomic E-state index is 12.6. The molecule has 4 aromatic rings. The van der Waals surface area contributed by atoms with Crippen LogP contribution in [0.4, 0.5) is 11.4 Å². The van der Waals surface area contributed by atoms with Gasteiger partial charge in [0.1, 0.15) is 0 Å². The first-order chi connectivity index (χ1) is 15.4. The van der Waals surface area contributed by atoms with E-state index in [1.165, 1.54) is 10.7 Å². The number of anilines is 2. The Labute approximate surface area is 190 Å². The van der Waals surface area contributed by atoms with Gasteiger partial charge in [-0.3, -0.25) is 9.59 Å². The number of carbonyl (C=O) groups excluding carboxylic acids is 1. The number of nitrogens with one attached hydrogen (secondary N) is 1. The van der Waals surface area contributed by atoms with Gasteiger partial charge in [0, 0.05) is 22.2 Å². The molecule has 0 unspecified atom stereocenters. The van der Waals surface area contributed by atoms with Crippen LogP contribution in [0.3, 0.4) is 0 Å². The smallest absolute Gasteiger partial charge is 0.267 e. The fourth-order valence-corrected chi connectivity index (χ4v) is 3.55. The molecule has 3 aromatic carbocycles. The van der Waals surface area contributed by atoms with E-state index >= 15 is 0 Å². The number of hydrogen-bond acceptors (Lipinski definition) is 4. The molecular weight excluding hydrogens is 424 g/mol. The zero-order chi connectivity index (χ0) is 22.7. The van der Waals surface area contributed by atoms with E-state index in [0.29, 0.717) is 27.7 Å². The first kappa shape index (κ1) is 21.3. The van der Waals surface area contributed by atoms with Crippen molar-refractivity contribution in [3.05, 3.63) is 111 Å². The first-order valence-corrected chi connectivity index (χ1v) is 10.4. The van der Waals surface area contributed by atoms with Crippen LogP contribution in [0.5, 0.6) is 0 Å². The number of aromatic nitrogens is 2. The average molecular weight is 445 g/mol. The number of carbonyl (C=O) groups is 1. The highest BCUT2D eigenvalue weighted by Crippen LogP contribution is 2.23. The molecule has 1 heterocycles. The van der Waals surface area contributed by atoms with Gasteiger partial charge in [0.15, 0.2) is 0 Å². The van der Waals surface area contributed by atoms with Gasteiger partial charge in [-0.1, -0.05) is 48.0 Å². The lowest BCUT2D eigenvalue weighted by Crippen LogP contribution is -2.26. The van der Waals surface area contributed by atoms with E-state index in [-0.39, 0.29) is 17.5 Å². The molecule has 0 radical (unpaired) electrons. The summed E-state index contributed by atoms with van der Waals surface area (Å²) in [6, 6.07) is 24.3. The third-order valence-electron chi connectivity index (χ3n) is 5.18. The van der Waals surface area contributed by atoms with E-state index in [4.69, 9.17) is 17.3 Å². The molecule has 0 saturated heterocycles. The Morgan fingerprint density at radius 1 is 1.00 bits per heavy atom. The second-order valence-corrected chi connectivity index (χ2v) is 7.79. The quantitative estimate of drug-likeness (QED) is 0.423. The minimum absolute atomic E-state index is 0.218. The maximum absolute atomic E-state index is 12.6. The summed E-state index contributed by atoms with van der Waals surface area (Å²) in [4.78, 5) is 25.0. The zero-order valence-electron chi connectivity index (χ0n) is 17.3. The van der Waals surface area contributed by atoms with E-state index < -0.39 is 0 Å². The minimum Gasteiger partial charge on any atom is -0.397 e. The Hall–Kier alpha value is -3.90. The summed E-state index contributed by atoms with van der Waals surface area (Å²) in [5.41, 5.74) is 9.53. The monoisotopic (exact) mass is 444 g/mol. The fraction of sp³-hybridized carbons (Fsp3) is 0.0800. The van der Waals surface area contributed by atoms with E-state index in [0.717, 1.165) is 11.1 Å². The van der Waals surface area contributed by atoms with Gasteiger partial charge in [0.2, 0.25) is 0 Å². The zero-order valence-corrected chi connectivity index (χ0v) is 18.1. The molecule has 6 nitrogen and oxygen atoms in total. The van der Waals surface area contributed by atoms with Crippen molar-refractivity contribution in [3.63, 3.8) is 0 Å². The van der Waals surface area contributed by atoms with Crippen LogP contribution in [0.15, 0.2) is 89.7 Å². The van der Waals surface area contributed by atoms with E-state index in [1.807, 2.05) is 31.2 Å². The summed E-state index contributed by atoms with van der Waals surface area (Å²) >= 11 is 6.09. The number of nitrogen functional groups attached to an aromatic ring is 1. The van der Waals surface area contributed by atoms with E-state index in [1.54, 1.807) is 54.6 Å². The molecule has 0 aliphatic carbocycles. The van der Waals surface area contributed by atoms with Gasteiger partial charge in [0.25, 0.3) is 11.5 Å². The van der Waals surface area contributed by atoms with Crippen LogP contribution >= 0.6 is 11.6 Å². The molecule has 0 aliphatic rings. The lowest BCUT2D eigenvalue weighted by molar-refractivity contribution is 0.102. The van der Waals surface area contributed by atoms with Crippen LogP contribution in [0, 0.1) is 0 Å². The first-order valence-electron chi connectivity index (χ1n) is 10.0. The highest BCUT2D eigenvalue weighted by molar-refractivity contribution is 6.30. The standard InChI is InChI=1S/C25H21ClN4O2/c1-16(30-24(31)14-13-22(29-30)19-5-4-6-20(26)15-19)17-9-11-18(12-10-17)25(32)28-23-8-3-2-7-21(23)27/h2-16H,27H2,1H3,(H,28,32)/t16-/m0/s1. The number of benzene rings is 3. The normalized spacial score (nSPS) is 11.7. The summed E-state index contributed by atoms with van der Waals surface area (Å²) < 4.78 is 1.43. The summed E-state index contributed by atoms with van der Waals surface area (Å²) in [7, 11) is 0. The molecule has 0 spiro atoms. The van der Waals surface area contributed by atoms with Gasteiger partial charge in [0.05, 0.1) is 23.1 Å². The predicted molar refractivity (Wildman–Crippen MR) is 128 cm³/mol. The Morgan fingerprint density at radius 3 is 2.47 bits per heavy atom. The second kappa shape index (κ2) is 9.08. The van der Waals surface area contributed by atoms with Gasteiger partial charge in [-0.05, 0) is 55.0 Å². The lowest BCUT2D eigenvalue weighted by Gasteiger charge is -2.16. The molecule has 0 saturated carbocycles. The summed E-state index contributed by atoms with van der Waals surface area (Å²) in [6.45, 7) is 1.88. The third kappa shape index (κ3) is 4.55. The molecule has 160 valence electrons. The number of para-hydroxylation sites is 2. The van der Waals surface area contributed by atoms with Crippen LogP contribution in [0.25, 0.3) is 11.3 Å². The SMILES string of the molecule is C[C@@H](c1ccc(C(=O)Nc2ccccc2N)cc1)n1nc(-c2cccc(Cl)c2)ccc1=O. The van der Waals surface area contributed by atoms with Crippen molar-refractivity contribution in [1.29, 1.82) is 0 Å². The summed E-state index contributed by atoms with van der Waals surface area (Å²) in [5.74, 6) is -0.264. The van der Waals surface area contributed by atoms with Crippen LogP contribution < -0.4 is 16.6 Å². The predicted octanol–water partition coefficient (Wildman–Crippen LogP) is 5.01. The topological polar surface area (TPSA) is 90.0 Å². The van der Waals surface area contributed by atoms with Crippen molar-refractivity contribution in [1.82, 2.24) is 9.78 Å². The van der Waals surface area contributed by atoms with Crippen molar-refractivity contribution in [3.8, 4) is 11.3 Å². The minimum atomic E-state index is -0.330. The molecule has 1 amide bonds. The van der Waals surface area contributed by atoms with Gasteiger partial charge < -0.3 is 11.1 Å².